The SMILES string of the molecule is CC(C)c1nc(CN(C)C(=O)NCCC(=O)CC(CCC(Cc2ccccc2)NC(=O)OCc2cncs2)Cc2ccccc2)cs1. The third-order valence-corrected chi connectivity index (χ3v) is 9.72. The molecular formula is C36H45N5O4S2. The molecule has 250 valence electrons. The van der Waals surface area contributed by atoms with Gasteiger partial charge in [0.1, 0.15) is 12.4 Å². The van der Waals surface area contributed by atoms with Gasteiger partial charge in [0.15, 0.2) is 0 Å². The Morgan fingerprint density at radius 2 is 1.64 bits per heavy atom. The second-order valence-electron chi connectivity index (χ2n) is 12.1. The van der Waals surface area contributed by atoms with E-state index in [1.165, 1.54) is 16.9 Å². The van der Waals surface area contributed by atoms with E-state index in [0.717, 1.165) is 34.0 Å². The highest BCUT2D eigenvalue weighted by atomic mass is 32.1. The first-order valence-corrected chi connectivity index (χ1v) is 17.8. The van der Waals surface area contributed by atoms with Crippen molar-refractivity contribution in [2.24, 2.45) is 5.92 Å². The van der Waals surface area contributed by atoms with Crippen LogP contribution in [0.25, 0.3) is 0 Å². The molecule has 2 aromatic carbocycles. The van der Waals surface area contributed by atoms with Crippen LogP contribution in [-0.4, -0.2) is 52.4 Å². The summed E-state index contributed by atoms with van der Waals surface area (Å²) in [6.45, 7) is 5.07. The number of nitrogens with zero attached hydrogens (tertiary/aromatic N) is 3. The molecule has 47 heavy (non-hydrogen) atoms. The summed E-state index contributed by atoms with van der Waals surface area (Å²) in [4.78, 5) is 49.8. The number of carbonyl (C=O) groups excluding carboxylic acids is 3. The van der Waals surface area contributed by atoms with Gasteiger partial charge in [-0.1, -0.05) is 74.5 Å². The van der Waals surface area contributed by atoms with Gasteiger partial charge < -0.3 is 20.3 Å². The predicted octanol–water partition coefficient (Wildman–Crippen LogP) is 7.39. The highest BCUT2D eigenvalue weighted by Gasteiger charge is 2.21. The van der Waals surface area contributed by atoms with E-state index in [1.807, 2.05) is 53.9 Å². The molecule has 11 heteroatoms. The van der Waals surface area contributed by atoms with E-state index in [0.29, 0.717) is 31.7 Å². The Bertz CT molecular complexity index is 1510. The van der Waals surface area contributed by atoms with Crippen molar-refractivity contribution in [2.75, 3.05) is 13.6 Å². The smallest absolute Gasteiger partial charge is 0.407 e. The molecule has 0 saturated carbocycles. The topological polar surface area (TPSA) is 114 Å². The number of carbonyl (C=O) groups is 3. The number of amides is 3. The van der Waals surface area contributed by atoms with Crippen LogP contribution in [-0.2, 0) is 35.5 Å². The Morgan fingerprint density at radius 1 is 0.936 bits per heavy atom. The number of ketones is 1. The summed E-state index contributed by atoms with van der Waals surface area (Å²) < 4.78 is 5.47. The fourth-order valence-corrected chi connectivity index (χ4v) is 6.62. The van der Waals surface area contributed by atoms with Crippen molar-refractivity contribution in [3.05, 3.63) is 104 Å². The van der Waals surface area contributed by atoms with Gasteiger partial charge >= 0.3 is 12.1 Å². The number of urea groups is 1. The molecule has 2 heterocycles. The lowest BCUT2D eigenvalue weighted by Gasteiger charge is -2.23. The van der Waals surface area contributed by atoms with E-state index in [1.54, 1.807) is 35.0 Å². The van der Waals surface area contributed by atoms with Crippen LogP contribution in [0.2, 0.25) is 0 Å². The van der Waals surface area contributed by atoms with Crippen LogP contribution in [0.15, 0.2) is 77.8 Å². The fourth-order valence-electron chi connectivity index (χ4n) is 5.29. The Morgan fingerprint density at radius 3 is 2.28 bits per heavy atom. The normalized spacial score (nSPS) is 12.3. The van der Waals surface area contributed by atoms with Crippen molar-refractivity contribution in [1.82, 2.24) is 25.5 Å². The number of aromatic nitrogens is 2. The Kier molecular flexibility index (Phi) is 14.4. The minimum atomic E-state index is -0.467. The van der Waals surface area contributed by atoms with Gasteiger partial charge in [0.05, 0.1) is 27.6 Å². The van der Waals surface area contributed by atoms with Gasteiger partial charge in [0, 0.05) is 50.0 Å². The summed E-state index contributed by atoms with van der Waals surface area (Å²) in [5.74, 6) is 0.537. The molecule has 2 atom stereocenters. The molecule has 0 spiro atoms. The summed E-state index contributed by atoms with van der Waals surface area (Å²) in [6, 6.07) is 19.8. The highest BCUT2D eigenvalue weighted by molar-refractivity contribution is 7.09. The summed E-state index contributed by atoms with van der Waals surface area (Å²) in [7, 11) is 1.73. The van der Waals surface area contributed by atoms with E-state index in [9.17, 15) is 14.4 Å². The Balaban J connectivity index is 1.31. The molecule has 0 aliphatic rings. The molecule has 3 amide bonds. The van der Waals surface area contributed by atoms with Gasteiger partial charge in [-0.25, -0.2) is 14.6 Å². The Hall–Kier alpha value is -4.09. The van der Waals surface area contributed by atoms with Crippen molar-refractivity contribution < 1.29 is 19.1 Å². The molecule has 2 N–H and O–H groups in total. The number of hydrogen-bond donors (Lipinski definition) is 2. The zero-order chi connectivity index (χ0) is 33.4. The van der Waals surface area contributed by atoms with E-state index in [4.69, 9.17) is 4.74 Å². The third-order valence-electron chi connectivity index (χ3n) is 7.77. The lowest BCUT2D eigenvalue weighted by Crippen LogP contribution is -2.38. The lowest BCUT2D eigenvalue weighted by molar-refractivity contribution is -0.119. The Labute approximate surface area is 285 Å². The van der Waals surface area contributed by atoms with Crippen molar-refractivity contribution >= 4 is 40.6 Å². The number of hydrogen-bond acceptors (Lipinski definition) is 8. The number of Topliss-reactive ketones (excluding diaryl/α,β-unsaturated/α-hetero) is 1. The van der Waals surface area contributed by atoms with Crippen LogP contribution >= 0.6 is 22.7 Å². The van der Waals surface area contributed by atoms with Gasteiger partial charge in [-0.05, 0) is 42.7 Å². The van der Waals surface area contributed by atoms with Crippen LogP contribution in [0.1, 0.15) is 72.2 Å². The second kappa shape index (κ2) is 18.9. The van der Waals surface area contributed by atoms with Gasteiger partial charge in [-0.15, -0.1) is 22.7 Å². The molecule has 2 unspecified atom stereocenters. The minimum Gasteiger partial charge on any atom is -0.444 e. The van der Waals surface area contributed by atoms with Crippen LogP contribution < -0.4 is 10.6 Å². The quantitative estimate of drug-likeness (QED) is 0.114. The van der Waals surface area contributed by atoms with Crippen LogP contribution in [0.5, 0.6) is 0 Å². The molecule has 9 nitrogen and oxygen atoms in total. The van der Waals surface area contributed by atoms with E-state index in [2.05, 4.69) is 46.6 Å². The number of benzene rings is 2. The van der Waals surface area contributed by atoms with Gasteiger partial charge in [0.25, 0.3) is 0 Å². The minimum absolute atomic E-state index is 0.0800. The van der Waals surface area contributed by atoms with Gasteiger partial charge in [-0.2, -0.15) is 0 Å². The van der Waals surface area contributed by atoms with Crippen LogP contribution in [0, 0.1) is 5.92 Å². The lowest BCUT2D eigenvalue weighted by atomic mass is 9.87. The molecule has 0 aliphatic carbocycles. The second-order valence-corrected chi connectivity index (χ2v) is 14.0. The summed E-state index contributed by atoms with van der Waals surface area (Å²) in [6.07, 6.45) is 4.72. The molecule has 0 aliphatic heterocycles. The molecule has 0 fully saturated rings. The number of nitrogens with one attached hydrogen (secondary N) is 2. The highest BCUT2D eigenvalue weighted by Crippen LogP contribution is 2.22. The van der Waals surface area contributed by atoms with Crippen molar-refractivity contribution in [1.29, 1.82) is 0 Å². The number of rotatable bonds is 18. The first kappa shape index (κ1) is 35.8. The van der Waals surface area contributed by atoms with E-state index in [-0.39, 0.29) is 43.3 Å². The van der Waals surface area contributed by atoms with Crippen molar-refractivity contribution in [3.63, 3.8) is 0 Å². The maximum Gasteiger partial charge on any atom is 0.407 e. The number of alkyl carbamates (subject to hydrolysis) is 1. The number of ether oxygens (including phenoxy) is 1. The first-order valence-electron chi connectivity index (χ1n) is 16.1. The zero-order valence-electron chi connectivity index (χ0n) is 27.4. The average molecular weight is 676 g/mol. The number of thiazole rings is 2. The fraction of sp³-hybridized carbons (Fsp3) is 0.417. The summed E-state index contributed by atoms with van der Waals surface area (Å²) in [5.41, 5.74) is 4.86. The maximum atomic E-state index is 13.2. The van der Waals surface area contributed by atoms with E-state index >= 15 is 0 Å². The van der Waals surface area contributed by atoms with E-state index < -0.39 is 6.09 Å². The zero-order valence-corrected chi connectivity index (χ0v) is 29.0. The van der Waals surface area contributed by atoms with Crippen molar-refractivity contribution in [2.45, 2.75) is 77.5 Å². The summed E-state index contributed by atoms with van der Waals surface area (Å²) in [5, 5.41) is 8.99. The molecule has 4 aromatic rings. The maximum absolute atomic E-state index is 13.2. The molecule has 0 radical (unpaired) electrons. The monoisotopic (exact) mass is 675 g/mol. The average Bonchev–Trinajstić information content (AvgIpc) is 3.76. The van der Waals surface area contributed by atoms with Crippen LogP contribution in [0.4, 0.5) is 9.59 Å². The molecule has 4 rings (SSSR count). The standard InChI is InChI=1S/C36H45N5O4S2/c1-26(2)34-39-31(24-46-34)22-41(3)35(43)38-17-16-32(42)20-29(18-27-10-6-4-7-11-27)14-15-30(19-28-12-8-5-9-13-28)40-36(44)45-23-33-21-37-25-47-33/h4-13,21,24-26,29-30H,14-20,22-23H2,1-3H3,(H,38,43)(H,40,44). The molecule has 2 aromatic heterocycles. The van der Waals surface area contributed by atoms with Crippen LogP contribution in [0.3, 0.4) is 0 Å². The largest absolute Gasteiger partial charge is 0.444 e. The molecule has 0 saturated heterocycles. The van der Waals surface area contributed by atoms with Crippen molar-refractivity contribution in [3.8, 4) is 0 Å². The first-order chi connectivity index (χ1) is 22.7. The van der Waals surface area contributed by atoms with Gasteiger partial charge in [-0.3, -0.25) is 9.78 Å². The molecule has 0 bridgehead atoms. The summed E-state index contributed by atoms with van der Waals surface area (Å²) >= 11 is 3.05. The van der Waals surface area contributed by atoms with Gasteiger partial charge in [0.2, 0.25) is 0 Å². The predicted molar refractivity (Wildman–Crippen MR) is 188 cm³/mol. The molecular weight excluding hydrogens is 631 g/mol. The third kappa shape index (κ3) is 12.9.